The Kier molecular flexibility index (Phi) is 26.6. The lowest BCUT2D eigenvalue weighted by atomic mass is 10.0. The molecule has 1 aromatic rings. The Labute approximate surface area is 280 Å². The van der Waals surface area contributed by atoms with Crippen molar-refractivity contribution in [1.82, 2.24) is 0 Å². The summed E-state index contributed by atoms with van der Waals surface area (Å²) in [6.07, 6.45) is 26.8. The van der Waals surface area contributed by atoms with Gasteiger partial charge in [0.1, 0.15) is 5.75 Å². The molecule has 0 aromatic heterocycles. The number of aliphatic hydroxyl groups excluding tert-OH is 1. The summed E-state index contributed by atoms with van der Waals surface area (Å²) in [4.78, 5) is 12.2. The summed E-state index contributed by atoms with van der Waals surface area (Å²) in [7, 11) is 0. The first kappa shape index (κ1) is 41.2. The van der Waals surface area contributed by atoms with Gasteiger partial charge in [-0.2, -0.15) is 0 Å². The number of phenols is 1. The molecule has 0 amide bonds. The summed E-state index contributed by atoms with van der Waals surface area (Å²) in [6.45, 7) is 6.76. The van der Waals surface area contributed by atoms with Crippen molar-refractivity contribution in [2.24, 2.45) is 0 Å². The van der Waals surface area contributed by atoms with Gasteiger partial charge in [0.05, 0.1) is 23.2 Å². The molecule has 1 fully saturated rings. The minimum absolute atomic E-state index is 0.111. The fraction of sp³-hybridized carbons (Fsp3) is 0.816. The molecule has 1 unspecified atom stereocenters. The second kappa shape index (κ2) is 28.4. The Hall–Kier alpha value is -0.850. The number of rotatable bonds is 26. The fourth-order valence-electron chi connectivity index (χ4n) is 5.82. The molecule has 0 radical (unpaired) electrons. The maximum atomic E-state index is 12.2. The maximum absolute atomic E-state index is 12.2. The Bertz CT molecular complexity index is 780. The smallest absolute Gasteiger partial charge is 0.308 e. The number of hydrogen-bond acceptors (Lipinski definition) is 6. The molecule has 0 bridgehead atoms. The molecule has 1 aliphatic rings. The van der Waals surface area contributed by atoms with Crippen LogP contribution in [0.2, 0.25) is 0 Å². The molecule has 0 saturated carbocycles. The minimum Gasteiger partial charge on any atom is -0.508 e. The topological polar surface area (TPSA) is 66.8 Å². The van der Waals surface area contributed by atoms with Gasteiger partial charge >= 0.3 is 5.97 Å². The van der Waals surface area contributed by atoms with Crippen LogP contribution >= 0.6 is 23.5 Å². The predicted molar refractivity (Wildman–Crippen MR) is 195 cm³/mol. The Morgan fingerprint density at radius 2 is 1.27 bits per heavy atom. The summed E-state index contributed by atoms with van der Waals surface area (Å²) in [5.74, 6) is 2.44. The largest absolute Gasteiger partial charge is 0.508 e. The molecule has 2 N–H and O–H groups in total. The van der Waals surface area contributed by atoms with Crippen LogP contribution in [0.25, 0.3) is 0 Å². The van der Waals surface area contributed by atoms with Crippen LogP contribution in [-0.2, 0) is 16.0 Å². The summed E-state index contributed by atoms with van der Waals surface area (Å²) in [5, 5.41) is 20.0. The molecule has 1 heterocycles. The van der Waals surface area contributed by atoms with Gasteiger partial charge < -0.3 is 14.9 Å². The zero-order chi connectivity index (χ0) is 32.1. The third-order valence-electron chi connectivity index (χ3n) is 8.51. The van der Waals surface area contributed by atoms with E-state index in [1.165, 1.54) is 113 Å². The lowest BCUT2D eigenvalue weighted by Gasteiger charge is -2.36. The number of aromatic hydroxyl groups is 1. The highest BCUT2D eigenvalue weighted by Crippen LogP contribution is 2.49. The first-order valence-corrected chi connectivity index (χ1v) is 20.4. The number of carbonyl (C=O) groups is 1. The molecular formula is C38H68O4S2. The molecule has 1 aromatic carbocycles. The highest BCUT2D eigenvalue weighted by Gasteiger charge is 2.33. The summed E-state index contributed by atoms with van der Waals surface area (Å²) >= 11 is 4.13. The number of unbranched alkanes of at least 4 members (excludes halogenated alkanes) is 15. The molecule has 1 aliphatic heterocycles. The maximum Gasteiger partial charge on any atom is 0.308 e. The van der Waals surface area contributed by atoms with E-state index < -0.39 is 6.10 Å². The number of hydrogen-bond donors (Lipinski definition) is 2. The van der Waals surface area contributed by atoms with Gasteiger partial charge in [0.15, 0.2) is 0 Å². The standard InChI is InChI=1S/C36H62O4S2.C2H6/c1-2-3-4-5-6-7-8-9-10-11-12-13-14-15-16-17-28-40-35(39)31-34(38)20-18-26-36(41-29-19-30-42-36)27-25-32-21-23-33(37)24-22-32;1-2/h21-24,34,37-38H,2-20,25-31H2,1H3;1-2H3. The molecule has 1 saturated heterocycles. The number of phenolic OH excluding ortho intramolecular Hbond substituents is 1. The van der Waals surface area contributed by atoms with Gasteiger partial charge in [0, 0.05) is 0 Å². The lowest BCUT2D eigenvalue weighted by Crippen LogP contribution is -2.27. The summed E-state index contributed by atoms with van der Waals surface area (Å²) in [5.41, 5.74) is 1.26. The quantitative estimate of drug-likeness (QED) is 0.0767. The van der Waals surface area contributed by atoms with Crippen molar-refractivity contribution in [1.29, 1.82) is 0 Å². The van der Waals surface area contributed by atoms with Gasteiger partial charge in [-0.05, 0) is 74.1 Å². The van der Waals surface area contributed by atoms with E-state index in [1.54, 1.807) is 12.1 Å². The summed E-state index contributed by atoms with van der Waals surface area (Å²) in [6, 6.07) is 7.55. The van der Waals surface area contributed by atoms with Crippen molar-refractivity contribution < 1.29 is 19.7 Å². The van der Waals surface area contributed by atoms with E-state index in [2.05, 4.69) is 30.4 Å². The van der Waals surface area contributed by atoms with Crippen LogP contribution in [-0.4, -0.2) is 44.5 Å². The Morgan fingerprint density at radius 1 is 0.773 bits per heavy atom. The number of benzene rings is 1. The average Bonchev–Trinajstić information content (AvgIpc) is 3.03. The van der Waals surface area contributed by atoms with Crippen molar-refractivity contribution in [3.8, 4) is 5.75 Å². The van der Waals surface area contributed by atoms with E-state index in [0.29, 0.717) is 18.8 Å². The van der Waals surface area contributed by atoms with E-state index in [4.69, 9.17) is 4.74 Å². The molecule has 1 atom stereocenters. The van der Waals surface area contributed by atoms with Gasteiger partial charge in [0.2, 0.25) is 0 Å². The van der Waals surface area contributed by atoms with Gasteiger partial charge in [0.25, 0.3) is 0 Å². The third kappa shape index (κ3) is 21.8. The highest BCUT2D eigenvalue weighted by atomic mass is 32.2. The first-order valence-electron chi connectivity index (χ1n) is 18.4. The van der Waals surface area contributed by atoms with Crippen LogP contribution in [0.1, 0.15) is 168 Å². The first-order chi connectivity index (χ1) is 21.5. The number of aliphatic hydroxyl groups is 1. The molecular weight excluding hydrogens is 585 g/mol. The predicted octanol–water partition coefficient (Wildman–Crippen LogP) is 11.6. The van der Waals surface area contributed by atoms with Crippen molar-refractivity contribution >= 4 is 29.5 Å². The molecule has 0 aliphatic carbocycles. The monoisotopic (exact) mass is 652 g/mol. The van der Waals surface area contributed by atoms with E-state index in [0.717, 1.165) is 38.5 Å². The Balaban J connectivity index is 0.00000474. The Morgan fingerprint density at radius 3 is 1.80 bits per heavy atom. The second-order valence-corrected chi connectivity index (χ2v) is 15.6. The summed E-state index contributed by atoms with van der Waals surface area (Å²) < 4.78 is 5.60. The van der Waals surface area contributed by atoms with E-state index in [1.807, 2.05) is 26.0 Å². The zero-order valence-corrected chi connectivity index (χ0v) is 30.4. The number of esters is 1. The van der Waals surface area contributed by atoms with Crippen molar-refractivity contribution in [2.45, 2.75) is 179 Å². The van der Waals surface area contributed by atoms with Crippen LogP contribution < -0.4 is 0 Å². The molecule has 256 valence electrons. The van der Waals surface area contributed by atoms with Crippen molar-refractivity contribution in [2.75, 3.05) is 18.1 Å². The average molecular weight is 653 g/mol. The SMILES string of the molecule is CC.CCCCCCCCCCCCCCCCCCOC(=O)CC(O)CCCC1(CCc2ccc(O)cc2)SCCCS1. The molecule has 2 rings (SSSR count). The van der Waals surface area contributed by atoms with E-state index >= 15 is 0 Å². The van der Waals surface area contributed by atoms with E-state index in [-0.39, 0.29) is 16.5 Å². The van der Waals surface area contributed by atoms with Gasteiger partial charge in [-0.3, -0.25) is 4.79 Å². The number of ether oxygens (including phenoxy) is 1. The lowest BCUT2D eigenvalue weighted by molar-refractivity contribution is -0.146. The third-order valence-corrected chi connectivity index (χ3v) is 12.1. The zero-order valence-electron chi connectivity index (χ0n) is 28.8. The van der Waals surface area contributed by atoms with Crippen molar-refractivity contribution in [3.63, 3.8) is 0 Å². The number of thioether (sulfide) groups is 2. The molecule has 4 nitrogen and oxygen atoms in total. The van der Waals surface area contributed by atoms with Crippen LogP contribution in [0.4, 0.5) is 0 Å². The van der Waals surface area contributed by atoms with Gasteiger partial charge in [-0.1, -0.05) is 129 Å². The van der Waals surface area contributed by atoms with Crippen LogP contribution in [0.5, 0.6) is 5.75 Å². The minimum atomic E-state index is -0.615. The number of carbonyl (C=O) groups excluding carboxylic acids is 1. The normalized spacial score (nSPS) is 14.9. The van der Waals surface area contributed by atoms with Crippen LogP contribution in [0.15, 0.2) is 24.3 Å². The van der Waals surface area contributed by atoms with E-state index in [9.17, 15) is 15.0 Å². The molecule has 44 heavy (non-hydrogen) atoms. The van der Waals surface area contributed by atoms with Crippen molar-refractivity contribution in [3.05, 3.63) is 29.8 Å². The van der Waals surface area contributed by atoms with Gasteiger partial charge in [-0.25, -0.2) is 0 Å². The highest BCUT2D eigenvalue weighted by molar-refractivity contribution is 8.18. The van der Waals surface area contributed by atoms with Crippen LogP contribution in [0.3, 0.4) is 0 Å². The molecule has 0 spiro atoms. The van der Waals surface area contributed by atoms with Gasteiger partial charge in [-0.15, -0.1) is 23.5 Å². The second-order valence-electron chi connectivity index (χ2n) is 12.4. The molecule has 6 heteroatoms. The van der Waals surface area contributed by atoms with Crippen LogP contribution in [0, 0.1) is 0 Å². The number of aryl methyl sites for hydroxylation is 1. The fourth-order valence-corrected chi connectivity index (χ4v) is 9.23.